The maximum absolute atomic E-state index is 11.9. The molecule has 0 radical (unpaired) electrons. The van der Waals surface area contributed by atoms with Crippen molar-refractivity contribution in [3.05, 3.63) is 53.5 Å². The molecular weight excluding hydrogens is 214 g/mol. The summed E-state index contributed by atoms with van der Waals surface area (Å²) in [6, 6.07) is 10.8. The normalized spacial score (nSPS) is 10.0. The minimum absolute atomic E-state index is 0.244. The van der Waals surface area contributed by atoms with Crippen molar-refractivity contribution in [2.75, 3.05) is 5.32 Å². The Morgan fingerprint density at radius 3 is 2.29 bits per heavy atom. The Hall–Kier alpha value is -2.23. The van der Waals surface area contributed by atoms with Gasteiger partial charge in [-0.15, -0.1) is 0 Å². The van der Waals surface area contributed by atoms with Crippen molar-refractivity contribution in [2.24, 2.45) is 0 Å². The Bertz CT molecular complexity index is 552. The molecule has 0 bridgehead atoms. The SMILES string of the molecule is Cc1cccc(NC(=O)c2cccc(C)n2)n1. The van der Waals surface area contributed by atoms with Gasteiger partial charge in [0, 0.05) is 11.4 Å². The number of nitrogens with zero attached hydrogens (tertiary/aromatic N) is 2. The Morgan fingerprint density at radius 1 is 1.00 bits per heavy atom. The summed E-state index contributed by atoms with van der Waals surface area (Å²) in [6.45, 7) is 3.72. The Kier molecular flexibility index (Phi) is 3.14. The average Bonchev–Trinajstić information content (AvgIpc) is 2.29. The first-order valence-corrected chi connectivity index (χ1v) is 5.34. The molecule has 86 valence electrons. The molecule has 0 spiro atoms. The first-order valence-electron chi connectivity index (χ1n) is 5.34. The number of nitrogens with one attached hydrogen (secondary N) is 1. The Morgan fingerprint density at radius 2 is 1.65 bits per heavy atom. The van der Waals surface area contributed by atoms with Gasteiger partial charge in [-0.3, -0.25) is 4.79 Å². The van der Waals surface area contributed by atoms with Crippen LogP contribution in [0.4, 0.5) is 5.82 Å². The molecule has 4 heteroatoms. The highest BCUT2D eigenvalue weighted by Gasteiger charge is 2.07. The second-order valence-corrected chi connectivity index (χ2v) is 3.78. The summed E-state index contributed by atoms with van der Waals surface area (Å²) >= 11 is 0. The molecule has 1 N–H and O–H groups in total. The van der Waals surface area contributed by atoms with Crippen LogP contribution in [0.1, 0.15) is 21.9 Å². The summed E-state index contributed by atoms with van der Waals surface area (Å²) in [5.41, 5.74) is 2.07. The fourth-order valence-electron chi connectivity index (χ4n) is 1.46. The van der Waals surface area contributed by atoms with E-state index >= 15 is 0 Å². The third kappa shape index (κ3) is 2.87. The van der Waals surface area contributed by atoms with Gasteiger partial charge in [0.15, 0.2) is 0 Å². The molecular formula is C13H13N3O. The highest BCUT2D eigenvalue weighted by molar-refractivity contribution is 6.02. The molecule has 0 saturated heterocycles. The minimum Gasteiger partial charge on any atom is -0.305 e. The van der Waals surface area contributed by atoms with Crippen LogP contribution in [-0.4, -0.2) is 15.9 Å². The van der Waals surface area contributed by atoms with Gasteiger partial charge >= 0.3 is 0 Å². The molecule has 0 aromatic carbocycles. The lowest BCUT2D eigenvalue weighted by molar-refractivity contribution is 0.102. The standard InChI is InChI=1S/C13H13N3O/c1-9-5-3-7-11(14-9)13(17)16-12-8-4-6-10(2)15-12/h3-8H,1-2H3,(H,15,16,17). The fraction of sp³-hybridized carbons (Fsp3) is 0.154. The van der Waals surface area contributed by atoms with Gasteiger partial charge in [0.25, 0.3) is 5.91 Å². The van der Waals surface area contributed by atoms with Gasteiger partial charge in [0.05, 0.1) is 0 Å². The van der Waals surface area contributed by atoms with E-state index in [9.17, 15) is 4.79 Å². The molecule has 0 aliphatic rings. The largest absolute Gasteiger partial charge is 0.305 e. The van der Waals surface area contributed by atoms with Crippen molar-refractivity contribution in [3.8, 4) is 0 Å². The monoisotopic (exact) mass is 227 g/mol. The van der Waals surface area contributed by atoms with Crippen molar-refractivity contribution >= 4 is 11.7 Å². The van der Waals surface area contributed by atoms with E-state index in [0.717, 1.165) is 11.4 Å². The van der Waals surface area contributed by atoms with Crippen LogP contribution in [0.5, 0.6) is 0 Å². The quantitative estimate of drug-likeness (QED) is 0.856. The van der Waals surface area contributed by atoms with E-state index in [1.54, 1.807) is 18.2 Å². The lowest BCUT2D eigenvalue weighted by atomic mass is 10.3. The third-order valence-corrected chi connectivity index (χ3v) is 2.25. The molecule has 2 heterocycles. The second-order valence-electron chi connectivity index (χ2n) is 3.78. The zero-order valence-electron chi connectivity index (χ0n) is 9.77. The van der Waals surface area contributed by atoms with E-state index in [1.807, 2.05) is 32.0 Å². The summed E-state index contributed by atoms with van der Waals surface area (Å²) in [5, 5.41) is 2.71. The van der Waals surface area contributed by atoms with E-state index in [4.69, 9.17) is 0 Å². The topological polar surface area (TPSA) is 54.9 Å². The number of rotatable bonds is 2. The average molecular weight is 227 g/mol. The Labute approximate surface area is 99.7 Å². The molecule has 2 rings (SSSR count). The van der Waals surface area contributed by atoms with Gasteiger partial charge in [0.2, 0.25) is 0 Å². The van der Waals surface area contributed by atoms with Gasteiger partial charge < -0.3 is 5.32 Å². The molecule has 17 heavy (non-hydrogen) atoms. The van der Waals surface area contributed by atoms with Crippen LogP contribution in [0.2, 0.25) is 0 Å². The van der Waals surface area contributed by atoms with Crippen molar-refractivity contribution in [1.29, 1.82) is 0 Å². The number of amides is 1. The van der Waals surface area contributed by atoms with Gasteiger partial charge in [-0.05, 0) is 38.1 Å². The van der Waals surface area contributed by atoms with Crippen molar-refractivity contribution < 1.29 is 4.79 Å². The minimum atomic E-state index is -0.244. The highest BCUT2D eigenvalue weighted by atomic mass is 16.1. The lowest BCUT2D eigenvalue weighted by Gasteiger charge is -2.04. The van der Waals surface area contributed by atoms with Crippen molar-refractivity contribution in [1.82, 2.24) is 9.97 Å². The van der Waals surface area contributed by atoms with Crippen molar-refractivity contribution in [2.45, 2.75) is 13.8 Å². The van der Waals surface area contributed by atoms with Gasteiger partial charge in [-0.2, -0.15) is 0 Å². The fourth-order valence-corrected chi connectivity index (χ4v) is 1.46. The van der Waals surface area contributed by atoms with Crippen molar-refractivity contribution in [3.63, 3.8) is 0 Å². The number of hydrogen-bond donors (Lipinski definition) is 1. The summed E-state index contributed by atoms with van der Waals surface area (Å²) in [7, 11) is 0. The molecule has 2 aromatic rings. The molecule has 0 atom stereocenters. The first kappa shape index (κ1) is 11.3. The number of hydrogen-bond acceptors (Lipinski definition) is 3. The van der Waals surface area contributed by atoms with Gasteiger partial charge in [-0.25, -0.2) is 9.97 Å². The first-order chi connectivity index (χ1) is 8.15. The van der Waals surface area contributed by atoms with Gasteiger partial charge in [0.1, 0.15) is 11.5 Å². The Balaban J connectivity index is 2.17. The number of anilines is 1. The smallest absolute Gasteiger partial charge is 0.275 e. The molecule has 0 fully saturated rings. The van der Waals surface area contributed by atoms with Crippen LogP contribution in [0.25, 0.3) is 0 Å². The van der Waals surface area contributed by atoms with E-state index in [2.05, 4.69) is 15.3 Å². The van der Waals surface area contributed by atoms with Crippen LogP contribution in [0.3, 0.4) is 0 Å². The van der Waals surface area contributed by atoms with Crippen LogP contribution in [0.15, 0.2) is 36.4 Å². The maximum Gasteiger partial charge on any atom is 0.275 e. The number of aryl methyl sites for hydroxylation is 2. The lowest BCUT2D eigenvalue weighted by Crippen LogP contribution is -2.15. The van der Waals surface area contributed by atoms with E-state index in [0.29, 0.717) is 11.5 Å². The number of carbonyl (C=O) groups is 1. The number of carbonyl (C=O) groups excluding carboxylic acids is 1. The summed E-state index contributed by atoms with van der Waals surface area (Å²) in [6.07, 6.45) is 0. The van der Waals surface area contributed by atoms with E-state index in [1.165, 1.54) is 0 Å². The van der Waals surface area contributed by atoms with E-state index < -0.39 is 0 Å². The zero-order chi connectivity index (χ0) is 12.3. The maximum atomic E-state index is 11.9. The zero-order valence-corrected chi connectivity index (χ0v) is 9.77. The van der Waals surface area contributed by atoms with Crippen LogP contribution in [0, 0.1) is 13.8 Å². The van der Waals surface area contributed by atoms with Crippen LogP contribution in [-0.2, 0) is 0 Å². The molecule has 1 amide bonds. The highest BCUT2D eigenvalue weighted by Crippen LogP contribution is 2.06. The summed E-state index contributed by atoms with van der Waals surface area (Å²) < 4.78 is 0. The number of pyridine rings is 2. The second kappa shape index (κ2) is 4.74. The summed E-state index contributed by atoms with van der Waals surface area (Å²) in [4.78, 5) is 20.2. The predicted octanol–water partition coefficient (Wildman–Crippen LogP) is 2.35. The molecule has 0 aliphatic carbocycles. The van der Waals surface area contributed by atoms with Crippen LogP contribution < -0.4 is 5.32 Å². The van der Waals surface area contributed by atoms with Crippen LogP contribution >= 0.6 is 0 Å². The molecule has 2 aromatic heterocycles. The predicted molar refractivity (Wildman–Crippen MR) is 65.9 cm³/mol. The molecule has 0 unspecified atom stereocenters. The number of aromatic nitrogens is 2. The van der Waals surface area contributed by atoms with Gasteiger partial charge in [-0.1, -0.05) is 12.1 Å². The molecule has 4 nitrogen and oxygen atoms in total. The van der Waals surface area contributed by atoms with E-state index in [-0.39, 0.29) is 5.91 Å². The molecule has 0 saturated carbocycles. The summed E-state index contributed by atoms with van der Waals surface area (Å²) in [5.74, 6) is 0.296. The third-order valence-electron chi connectivity index (χ3n) is 2.25. The molecule has 0 aliphatic heterocycles.